The first-order valence-corrected chi connectivity index (χ1v) is 13.2. The summed E-state index contributed by atoms with van der Waals surface area (Å²) in [5.74, 6) is 1.52. The van der Waals surface area contributed by atoms with E-state index in [-0.39, 0.29) is 17.7 Å². The van der Waals surface area contributed by atoms with Crippen molar-refractivity contribution >= 4 is 21.7 Å². The van der Waals surface area contributed by atoms with Gasteiger partial charge >= 0.3 is 6.03 Å². The topological polar surface area (TPSA) is 91.4 Å². The number of ether oxygens (including phenoxy) is 2. The standard InChI is InChI=1S/C24H30N4O5S/c29-24(27-10-2-1-3-11-27)25-20-5-7-21(8-6-20)34(30,31)28-14-12-26(13-15-28)17-19-4-9-22-23(16-19)33-18-32-22/h4-9,16H,1-3,10-15,17-18H2,(H,25,29). The van der Waals surface area contributed by atoms with Gasteiger partial charge in [-0.3, -0.25) is 4.90 Å². The van der Waals surface area contributed by atoms with Crippen molar-refractivity contribution in [3.63, 3.8) is 0 Å². The first-order valence-electron chi connectivity index (χ1n) is 11.8. The van der Waals surface area contributed by atoms with E-state index < -0.39 is 10.0 Å². The molecule has 34 heavy (non-hydrogen) atoms. The summed E-state index contributed by atoms with van der Waals surface area (Å²) in [6.45, 7) is 4.67. The number of nitrogens with zero attached hydrogens (tertiary/aromatic N) is 3. The molecule has 0 aliphatic carbocycles. The lowest BCUT2D eigenvalue weighted by molar-refractivity contribution is 0.173. The maximum absolute atomic E-state index is 13.1. The highest BCUT2D eigenvalue weighted by Crippen LogP contribution is 2.33. The molecule has 0 aromatic heterocycles. The summed E-state index contributed by atoms with van der Waals surface area (Å²) < 4.78 is 38.6. The van der Waals surface area contributed by atoms with Crippen LogP contribution in [0.3, 0.4) is 0 Å². The number of sulfonamides is 1. The monoisotopic (exact) mass is 486 g/mol. The molecule has 9 nitrogen and oxygen atoms in total. The van der Waals surface area contributed by atoms with Gasteiger partial charge in [0, 0.05) is 51.5 Å². The zero-order valence-corrected chi connectivity index (χ0v) is 19.9. The third-order valence-electron chi connectivity index (χ3n) is 6.56. The molecule has 2 aromatic carbocycles. The maximum Gasteiger partial charge on any atom is 0.321 e. The minimum absolute atomic E-state index is 0.131. The van der Waals surface area contributed by atoms with E-state index >= 15 is 0 Å². The number of piperazine rings is 1. The molecule has 10 heteroatoms. The van der Waals surface area contributed by atoms with Crippen molar-refractivity contribution in [2.75, 3.05) is 51.4 Å². The number of amides is 2. The van der Waals surface area contributed by atoms with Crippen LogP contribution in [-0.2, 0) is 16.6 Å². The highest BCUT2D eigenvalue weighted by atomic mass is 32.2. The summed E-state index contributed by atoms with van der Waals surface area (Å²) in [5.41, 5.74) is 1.71. The smallest absolute Gasteiger partial charge is 0.321 e. The fourth-order valence-electron chi connectivity index (χ4n) is 4.58. The Labute approximate surface area is 200 Å². The summed E-state index contributed by atoms with van der Waals surface area (Å²) >= 11 is 0. The summed E-state index contributed by atoms with van der Waals surface area (Å²) in [6.07, 6.45) is 3.20. The van der Waals surface area contributed by atoms with Gasteiger partial charge < -0.3 is 19.7 Å². The number of hydrogen-bond acceptors (Lipinski definition) is 6. The van der Waals surface area contributed by atoms with Crippen LogP contribution in [-0.4, -0.2) is 74.6 Å². The predicted molar refractivity (Wildman–Crippen MR) is 127 cm³/mol. The Morgan fingerprint density at radius 3 is 2.29 bits per heavy atom. The summed E-state index contributed by atoms with van der Waals surface area (Å²) in [5, 5.41) is 2.87. The van der Waals surface area contributed by atoms with Crippen molar-refractivity contribution in [1.82, 2.24) is 14.1 Å². The minimum atomic E-state index is -3.59. The number of nitrogens with one attached hydrogen (secondary N) is 1. The van der Waals surface area contributed by atoms with Crippen molar-refractivity contribution in [3.8, 4) is 11.5 Å². The molecule has 3 aliphatic heterocycles. The second kappa shape index (κ2) is 9.81. The molecule has 0 saturated carbocycles. The molecule has 1 N–H and O–H groups in total. The van der Waals surface area contributed by atoms with E-state index in [2.05, 4.69) is 10.2 Å². The summed E-state index contributed by atoms with van der Waals surface area (Å²) in [7, 11) is -3.59. The maximum atomic E-state index is 13.1. The molecule has 0 spiro atoms. The molecule has 0 bridgehead atoms. The minimum Gasteiger partial charge on any atom is -0.454 e. The molecule has 3 aliphatic rings. The molecular weight excluding hydrogens is 456 g/mol. The van der Waals surface area contributed by atoms with Gasteiger partial charge in [0.1, 0.15) is 0 Å². The fraction of sp³-hybridized carbons (Fsp3) is 0.458. The zero-order chi connectivity index (χ0) is 23.5. The number of carbonyl (C=O) groups is 1. The first kappa shape index (κ1) is 22.9. The highest BCUT2D eigenvalue weighted by molar-refractivity contribution is 7.89. The predicted octanol–water partition coefficient (Wildman–Crippen LogP) is 2.94. The van der Waals surface area contributed by atoms with Crippen LogP contribution in [0.4, 0.5) is 10.5 Å². The molecule has 0 atom stereocenters. The number of likely N-dealkylation sites (tertiary alicyclic amines) is 1. The molecule has 0 unspecified atom stereocenters. The third-order valence-corrected chi connectivity index (χ3v) is 8.47. The van der Waals surface area contributed by atoms with Crippen molar-refractivity contribution in [2.24, 2.45) is 0 Å². The molecule has 0 radical (unpaired) electrons. The van der Waals surface area contributed by atoms with Crippen molar-refractivity contribution in [2.45, 2.75) is 30.7 Å². The van der Waals surface area contributed by atoms with Gasteiger partial charge in [0.2, 0.25) is 16.8 Å². The number of carbonyl (C=O) groups excluding carboxylic acids is 1. The number of benzene rings is 2. The lowest BCUT2D eigenvalue weighted by Crippen LogP contribution is -2.48. The largest absolute Gasteiger partial charge is 0.454 e. The summed E-state index contributed by atoms with van der Waals surface area (Å²) in [6, 6.07) is 12.2. The quantitative estimate of drug-likeness (QED) is 0.699. The zero-order valence-electron chi connectivity index (χ0n) is 19.1. The van der Waals surface area contributed by atoms with E-state index in [0.717, 1.165) is 56.0 Å². The van der Waals surface area contributed by atoms with E-state index in [1.54, 1.807) is 29.2 Å². The van der Waals surface area contributed by atoms with Gasteiger partial charge in [-0.1, -0.05) is 6.07 Å². The lowest BCUT2D eigenvalue weighted by atomic mass is 10.1. The van der Waals surface area contributed by atoms with Crippen LogP contribution in [0.5, 0.6) is 11.5 Å². The third kappa shape index (κ3) is 4.98. The van der Waals surface area contributed by atoms with Crippen LogP contribution >= 0.6 is 0 Å². The molecule has 3 heterocycles. The molecule has 182 valence electrons. The van der Waals surface area contributed by atoms with Crippen molar-refractivity contribution in [3.05, 3.63) is 48.0 Å². The molecular formula is C24H30N4O5S. The Hall–Kier alpha value is -2.82. The van der Waals surface area contributed by atoms with Crippen LogP contribution in [0.25, 0.3) is 0 Å². The Morgan fingerprint density at radius 1 is 0.853 bits per heavy atom. The van der Waals surface area contributed by atoms with Crippen LogP contribution in [0.1, 0.15) is 24.8 Å². The van der Waals surface area contributed by atoms with E-state index in [9.17, 15) is 13.2 Å². The Balaban J connectivity index is 1.15. The Morgan fingerprint density at radius 2 is 1.56 bits per heavy atom. The lowest BCUT2D eigenvalue weighted by Gasteiger charge is -2.34. The van der Waals surface area contributed by atoms with Gasteiger partial charge in [0.25, 0.3) is 0 Å². The van der Waals surface area contributed by atoms with Gasteiger partial charge in [-0.15, -0.1) is 0 Å². The molecule has 2 amide bonds. The fourth-order valence-corrected chi connectivity index (χ4v) is 6.01. The van der Waals surface area contributed by atoms with Crippen molar-refractivity contribution < 1.29 is 22.7 Å². The van der Waals surface area contributed by atoms with Gasteiger partial charge in [-0.05, 0) is 61.2 Å². The van der Waals surface area contributed by atoms with E-state index in [4.69, 9.17) is 9.47 Å². The average molecular weight is 487 g/mol. The SMILES string of the molecule is O=C(Nc1ccc(S(=O)(=O)N2CCN(Cc3ccc4c(c3)OCO4)CC2)cc1)N1CCCCC1. The molecule has 5 rings (SSSR count). The van der Waals surface area contributed by atoms with E-state index in [1.165, 1.54) is 4.31 Å². The van der Waals surface area contributed by atoms with Gasteiger partial charge in [-0.2, -0.15) is 4.31 Å². The van der Waals surface area contributed by atoms with Crippen LogP contribution in [0.15, 0.2) is 47.4 Å². The normalized spacial score (nSPS) is 19.2. The van der Waals surface area contributed by atoms with Gasteiger partial charge in [0.15, 0.2) is 11.5 Å². The van der Waals surface area contributed by atoms with Gasteiger partial charge in [0.05, 0.1) is 4.90 Å². The Kier molecular flexibility index (Phi) is 6.62. The number of fused-ring (bicyclic) bond motifs is 1. The van der Waals surface area contributed by atoms with Crippen LogP contribution in [0, 0.1) is 0 Å². The number of urea groups is 1. The molecule has 2 aromatic rings. The first-order chi connectivity index (χ1) is 16.5. The highest BCUT2D eigenvalue weighted by Gasteiger charge is 2.29. The average Bonchev–Trinajstić information content (AvgIpc) is 3.33. The number of anilines is 1. The molecule has 2 fully saturated rings. The second-order valence-corrected chi connectivity index (χ2v) is 10.8. The van der Waals surface area contributed by atoms with E-state index in [0.29, 0.717) is 31.9 Å². The van der Waals surface area contributed by atoms with Crippen LogP contribution < -0.4 is 14.8 Å². The second-order valence-electron chi connectivity index (χ2n) is 8.87. The van der Waals surface area contributed by atoms with E-state index in [1.807, 2.05) is 18.2 Å². The number of hydrogen-bond donors (Lipinski definition) is 1. The number of rotatable bonds is 5. The number of piperidine rings is 1. The molecule has 2 saturated heterocycles. The van der Waals surface area contributed by atoms with Crippen LogP contribution in [0.2, 0.25) is 0 Å². The summed E-state index contributed by atoms with van der Waals surface area (Å²) in [4.78, 5) is 16.7. The van der Waals surface area contributed by atoms with Gasteiger partial charge in [-0.25, -0.2) is 13.2 Å². The Bertz CT molecular complexity index is 1120. The van der Waals surface area contributed by atoms with Crippen molar-refractivity contribution in [1.29, 1.82) is 0 Å².